The predicted octanol–water partition coefficient (Wildman–Crippen LogP) is 2.17. The lowest BCUT2D eigenvalue weighted by atomic mass is 9.91. The number of hydrogen-bond acceptors (Lipinski definition) is 2. The lowest BCUT2D eigenvalue weighted by Crippen LogP contribution is -2.46. The van der Waals surface area contributed by atoms with Gasteiger partial charge in [-0.15, -0.1) is 0 Å². The fraction of sp³-hybridized carbons (Fsp3) is 0.929. The Morgan fingerprint density at radius 2 is 1.76 bits per heavy atom. The molecule has 1 amide bonds. The summed E-state index contributed by atoms with van der Waals surface area (Å²) in [6, 6.07) is 0.686. The summed E-state index contributed by atoms with van der Waals surface area (Å²) in [7, 11) is 0. The van der Waals surface area contributed by atoms with Gasteiger partial charge in [-0.1, -0.05) is 12.8 Å². The van der Waals surface area contributed by atoms with Crippen LogP contribution in [0.1, 0.15) is 52.4 Å². The Morgan fingerprint density at radius 1 is 1.18 bits per heavy atom. The van der Waals surface area contributed by atoms with Crippen molar-refractivity contribution in [2.75, 3.05) is 19.6 Å². The number of hydrogen-bond donors (Lipinski definition) is 1. The summed E-state index contributed by atoms with van der Waals surface area (Å²) < 4.78 is 0. The Hall–Kier alpha value is -0.570. The van der Waals surface area contributed by atoms with Crippen LogP contribution in [0.2, 0.25) is 0 Å². The molecule has 0 aromatic rings. The average molecular weight is 238 g/mol. The summed E-state index contributed by atoms with van der Waals surface area (Å²) in [6.07, 6.45) is 7.49. The third kappa shape index (κ3) is 3.70. The van der Waals surface area contributed by atoms with Crippen molar-refractivity contribution in [3.8, 4) is 0 Å². The van der Waals surface area contributed by atoms with Gasteiger partial charge >= 0.3 is 0 Å². The van der Waals surface area contributed by atoms with Gasteiger partial charge < -0.3 is 10.2 Å². The Balaban J connectivity index is 1.85. The van der Waals surface area contributed by atoms with Crippen LogP contribution >= 0.6 is 0 Å². The van der Waals surface area contributed by atoms with E-state index < -0.39 is 0 Å². The van der Waals surface area contributed by atoms with Gasteiger partial charge in [0.05, 0.1) is 5.41 Å². The highest BCUT2D eigenvalue weighted by Crippen LogP contribution is 2.24. The van der Waals surface area contributed by atoms with E-state index in [-0.39, 0.29) is 5.41 Å². The van der Waals surface area contributed by atoms with Gasteiger partial charge in [0.2, 0.25) is 5.91 Å². The average Bonchev–Trinajstić information content (AvgIpc) is 3.12. The van der Waals surface area contributed by atoms with Crippen LogP contribution in [0.15, 0.2) is 0 Å². The molecule has 2 fully saturated rings. The second kappa shape index (κ2) is 5.38. The lowest BCUT2D eigenvalue weighted by Gasteiger charge is -2.31. The van der Waals surface area contributed by atoms with Crippen LogP contribution in [-0.4, -0.2) is 36.5 Å². The number of nitrogens with one attached hydrogen (secondary N) is 1. The van der Waals surface area contributed by atoms with E-state index in [9.17, 15) is 4.79 Å². The molecule has 3 nitrogen and oxygen atoms in total. The van der Waals surface area contributed by atoms with Crippen molar-refractivity contribution in [2.24, 2.45) is 5.41 Å². The van der Waals surface area contributed by atoms with Gasteiger partial charge in [-0.05, 0) is 39.5 Å². The topological polar surface area (TPSA) is 32.3 Å². The summed E-state index contributed by atoms with van der Waals surface area (Å²) >= 11 is 0. The van der Waals surface area contributed by atoms with Crippen molar-refractivity contribution >= 4 is 5.91 Å². The van der Waals surface area contributed by atoms with Crippen molar-refractivity contribution in [3.05, 3.63) is 0 Å². The third-order valence-electron chi connectivity index (χ3n) is 3.88. The molecule has 1 aliphatic heterocycles. The minimum atomic E-state index is -0.243. The molecule has 0 spiro atoms. The monoisotopic (exact) mass is 238 g/mol. The number of carbonyl (C=O) groups is 1. The molecule has 0 atom stereocenters. The van der Waals surface area contributed by atoms with Gasteiger partial charge in [0.15, 0.2) is 0 Å². The molecule has 1 saturated carbocycles. The van der Waals surface area contributed by atoms with Crippen LogP contribution in [0, 0.1) is 5.41 Å². The lowest BCUT2D eigenvalue weighted by molar-refractivity contribution is -0.140. The Kier molecular flexibility index (Phi) is 4.08. The second-order valence-electron chi connectivity index (χ2n) is 6.25. The molecule has 17 heavy (non-hydrogen) atoms. The maximum atomic E-state index is 12.5. The van der Waals surface area contributed by atoms with Crippen LogP contribution in [0.5, 0.6) is 0 Å². The maximum absolute atomic E-state index is 12.5. The molecule has 1 heterocycles. The van der Waals surface area contributed by atoms with E-state index in [1.165, 1.54) is 38.5 Å². The number of rotatable bonds is 4. The maximum Gasteiger partial charge on any atom is 0.229 e. The molecule has 98 valence electrons. The molecule has 3 heteroatoms. The summed E-state index contributed by atoms with van der Waals surface area (Å²) in [6.45, 7) is 6.91. The van der Waals surface area contributed by atoms with E-state index in [1.807, 2.05) is 0 Å². The summed E-state index contributed by atoms with van der Waals surface area (Å²) in [4.78, 5) is 14.6. The normalized spacial score (nSPS) is 22.4. The highest BCUT2D eigenvalue weighted by atomic mass is 16.2. The first-order chi connectivity index (χ1) is 8.09. The van der Waals surface area contributed by atoms with Crippen molar-refractivity contribution in [1.82, 2.24) is 10.2 Å². The molecule has 0 radical (unpaired) electrons. The van der Waals surface area contributed by atoms with E-state index in [4.69, 9.17) is 0 Å². The fourth-order valence-electron chi connectivity index (χ4n) is 2.46. The first-order valence-electron chi connectivity index (χ1n) is 7.12. The van der Waals surface area contributed by atoms with E-state index in [1.54, 1.807) is 0 Å². The highest BCUT2D eigenvalue weighted by Gasteiger charge is 2.33. The largest absolute Gasteiger partial charge is 0.342 e. The number of amides is 1. The molecule has 2 aliphatic rings. The van der Waals surface area contributed by atoms with E-state index >= 15 is 0 Å². The molecule has 1 saturated heterocycles. The molecule has 2 rings (SSSR count). The molecule has 1 N–H and O–H groups in total. The van der Waals surface area contributed by atoms with Crippen LogP contribution in [0.25, 0.3) is 0 Å². The predicted molar refractivity (Wildman–Crippen MR) is 69.9 cm³/mol. The first-order valence-corrected chi connectivity index (χ1v) is 7.12. The molecule has 0 bridgehead atoms. The quantitative estimate of drug-likeness (QED) is 0.814. The van der Waals surface area contributed by atoms with Crippen molar-refractivity contribution < 1.29 is 4.79 Å². The number of carbonyl (C=O) groups excluding carboxylic acids is 1. The van der Waals surface area contributed by atoms with Gasteiger partial charge in [-0.2, -0.15) is 0 Å². The van der Waals surface area contributed by atoms with Crippen LogP contribution in [-0.2, 0) is 4.79 Å². The van der Waals surface area contributed by atoms with Crippen LogP contribution < -0.4 is 5.32 Å². The summed E-state index contributed by atoms with van der Waals surface area (Å²) in [5, 5.41) is 3.48. The molecular formula is C14H26N2O. The standard InChI is InChI=1S/C14H26N2O/c1-14(2,11-15-12-7-8-12)13(17)16-9-5-3-4-6-10-16/h12,15H,3-11H2,1-2H3. The summed E-state index contributed by atoms with van der Waals surface area (Å²) in [5.74, 6) is 0.340. The second-order valence-corrected chi connectivity index (χ2v) is 6.25. The van der Waals surface area contributed by atoms with Gasteiger partial charge in [0, 0.05) is 25.7 Å². The van der Waals surface area contributed by atoms with Crippen LogP contribution in [0.3, 0.4) is 0 Å². The molecule has 0 aromatic carbocycles. The molecule has 1 aliphatic carbocycles. The molecule has 0 unspecified atom stereocenters. The Morgan fingerprint density at radius 3 is 2.29 bits per heavy atom. The zero-order valence-electron chi connectivity index (χ0n) is 11.3. The number of nitrogens with zero attached hydrogens (tertiary/aromatic N) is 1. The number of likely N-dealkylation sites (tertiary alicyclic amines) is 1. The SMILES string of the molecule is CC(C)(CNC1CC1)C(=O)N1CCCCCC1. The fourth-order valence-corrected chi connectivity index (χ4v) is 2.46. The highest BCUT2D eigenvalue weighted by molar-refractivity contribution is 5.82. The van der Waals surface area contributed by atoms with Gasteiger partial charge in [0.1, 0.15) is 0 Å². The van der Waals surface area contributed by atoms with E-state index in [0.29, 0.717) is 11.9 Å². The van der Waals surface area contributed by atoms with Crippen molar-refractivity contribution in [1.29, 1.82) is 0 Å². The third-order valence-corrected chi connectivity index (χ3v) is 3.88. The molecule has 0 aromatic heterocycles. The van der Waals surface area contributed by atoms with Crippen molar-refractivity contribution in [3.63, 3.8) is 0 Å². The van der Waals surface area contributed by atoms with Gasteiger partial charge in [0.25, 0.3) is 0 Å². The van der Waals surface area contributed by atoms with E-state index in [0.717, 1.165) is 19.6 Å². The zero-order chi connectivity index (χ0) is 12.3. The Bertz CT molecular complexity index is 263. The van der Waals surface area contributed by atoms with Crippen LogP contribution in [0.4, 0.5) is 0 Å². The molecular weight excluding hydrogens is 212 g/mol. The minimum Gasteiger partial charge on any atom is -0.342 e. The summed E-state index contributed by atoms with van der Waals surface area (Å²) in [5.41, 5.74) is -0.243. The van der Waals surface area contributed by atoms with Crippen molar-refractivity contribution in [2.45, 2.75) is 58.4 Å². The van der Waals surface area contributed by atoms with E-state index in [2.05, 4.69) is 24.1 Å². The smallest absolute Gasteiger partial charge is 0.229 e. The first kappa shape index (κ1) is 12.9. The Labute approximate surface area is 105 Å². The minimum absolute atomic E-state index is 0.243. The van der Waals surface area contributed by atoms with Gasteiger partial charge in [-0.25, -0.2) is 0 Å². The van der Waals surface area contributed by atoms with Gasteiger partial charge in [-0.3, -0.25) is 4.79 Å². The zero-order valence-corrected chi connectivity index (χ0v) is 11.3.